The molecule has 0 bridgehead atoms. The summed E-state index contributed by atoms with van der Waals surface area (Å²) in [6, 6.07) is 10.2. The summed E-state index contributed by atoms with van der Waals surface area (Å²) in [5.41, 5.74) is 2.31. The Morgan fingerprint density at radius 3 is 2.94 bits per heavy atom. The first-order valence-electron chi connectivity index (χ1n) is 12.6. The van der Waals surface area contributed by atoms with Crippen molar-refractivity contribution in [2.24, 2.45) is 11.8 Å². The molecule has 1 fully saturated rings. The van der Waals surface area contributed by atoms with Crippen LogP contribution in [0.5, 0.6) is 5.75 Å². The molecule has 6 nitrogen and oxygen atoms in total. The third kappa shape index (κ3) is 7.48. The van der Waals surface area contributed by atoms with E-state index in [-0.39, 0.29) is 6.42 Å². The standard InChI is InChI=1S/C28H36N2O4S/c1-33-24-7-8-27-26(18-24)22(10-13-29-27)5-2-4-21-11-15-30(19-23(21)6-9-28(31)32)14-3-17-35-25-12-16-34-20-25/h7-8,10,12-13,16,18,20-21,23H,2-6,9,11,14-15,17,19H2,1H3,(H,31,32)/t21-,23+/m1/s1. The summed E-state index contributed by atoms with van der Waals surface area (Å²) in [4.78, 5) is 19.5. The van der Waals surface area contributed by atoms with Crippen molar-refractivity contribution in [1.29, 1.82) is 0 Å². The predicted octanol–water partition coefficient (Wildman–Crippen LogP) is 6.14. The first-order chi connectivity index (χ1) is 17.1. The van der Waals surface area contributed by atoms with Crippen molar-refractivity contribution in [3.63, 3.8) is 0 Å². The second-order valence-electron chi connectivity index (χ2n) is 9.45. The summed E-state index contributed by atoms with van der Waals surface area (Å²) in [6.45, 7) is 3.20. The van der Waals surface area contributed by atoms with Crippen molar-refractivity contribution in [3.05, 3.63) is 54.6 Å². The van der Waals surface area contributed by atoms with Gasteiger partial charge in [-0.05, 0) is 105 Å². The average Bonchev–Trinajstić information content (AvgIpc) is 3.39. The Hall–Kier alpha value is -2.51. The van der Waals surface area contributed by atoms with E-state index in [0.717, 1.165) is 80.6 Å². The highest BCUT2D eigenvalue weighted by molar-refractivity contribution is 7.99. The number of hydrogen-bond donors (Lipinski definition) is 1. The van der Waals surface area contributed by atoms with E-state index in [1.165, 1.54) is 10.5 Å². The largest absolute Gasteiger partial charge is 0.497 e. The fraction of sp³-hybridized carbons (Fsp3) is 0.500. The van der Waals surface area contributed by atoms with E-state index < -0.39 is 5.97 Å². The van der Waals surface area contributed by atoms with Gasteiger partial charge >= 0.3 is 5.97 Å². The van der Waals surface area contributed by atoms with Crippen molar-refractivity contribution in [3.8, 4) is 5.75 Å². The van der Waals surface area contributed by atoms with Crippen LogP contribution in [0.2, 0.25) is 0 Å². The molecule has 7 heteroatoms. The van der Waals surface area contributed by atoms with E-state index in [1.54, 1.807) is 19.6 Å². The number of piperidine rings is 1. The zero-order valence-corrected chi connectivity index (χ0v) is 21.3. The Labute approximate surface area is 212 Å². The van der Waals surface area contributed by atoms with Crippen molar-refractivity contribution in [2.75, 3.05) is 32.5 Å². The number of nitrogens with zero attached hydrogens (tertiary/aromatic N) is 2. The van der Waals surface area contributed by atoms with Gasteiger partial charge in [0.2, 0.25) is 0 Å². The number of pyridine rings is 1. The van der Waals surface area contributed by atoms with E-state index in [9.17, 15) is 9.90 Å². The Balaban J connectivity index is 1.29. The zero-order valence-electron chi connectivity index (χ0n) is 20.5. The smallest absolute Gasteiger partial charge is 0.303 e. The molecule has 0 radical (unpaired) electrons. The minimum Gasteiger partial charge on any atom is -0.497 e. The van der Waals surface area contributed by atoms with Gasteiger partial charge in [0.05, 0.1) is 18.9 Å². The maximum Gasteiger partial charge on any atom is 0.303 e. The summed E-state index contributed by atoms with van der Waals surface area (Å²) in [5, 5.41) is 10.5. The van der Waals surface area contributed by atoms with Gasteiger partial charge in [-0.1, -0.05) is 0 Å². The Morgan fingerprint density at radius 2 is 2.14 bits per heavy atom. The van der Waals surface area contributed by atoms with Crippen LogP contribution in [0, 0.1) is 11.8 Å². The van der Waals surface area contributed by atoms with Gasteiger partial charge in [-0.3, -0.25) is 9.78 Å². The lowest BCUT2D eigenvalue weighted by molar-refractivity contribution is -0.137. The fourth-order valence-electron chi connectivity index (χ4n) is 5.27. The van der Waals surface area contributed by atoms with E-state index >= 15 is 0 Å². The number of methoxy groups -OCH3 is 1. The van der Waals surface area contributed by atoms with E-state index in [1.807, 2.05) is 36.2 Å². The zero-order chi connectivity index (χ0) is 24.5. The number of aliphatic carboxylic acids is 1. The van der Waals surface area contributed by atoms with Crippen LogP contribution in [-0.4, -0.2) is 53.5 Å². The van der Waals surface area contributed by atoms with Crippen molar-refractivity contribution in [2.45, 2.75) is 49.8 Å². The second kappa shape index (κ2) is 13.0. The van der Waals surface area contributed by atoms with Crippen molar-refractivity contribution in [1.82, 2.24) is 9.88 Å². The lowest BCUT2D eigenvalue weighted by Crippen LogP contribution is -2.41. The molecule has 2 aromatic heterocycles. The van der Waals surface area contributed by atoms with Gasteiger partial charge in [0.15, 0.2) is 0 Å². The molecule has 2 atom stereocenters. The van der Waals surface area contributed by atoms with Crippen LogP contribution in [0.1, 0.15) is 44.1 Å². The molecule has 0 saturated carbocycles. The quantitative estimate of drug-likeness (QED) is 0.225. The van der Waals surface area contributed by atoms with Gasteiger partial charge in [0.1, 0.15) is 12.0 Å². The fourth-order valence-corrected chi connectivity index (χ4v) is 6.05. The molecule has 188 valence electrons. The summed E-state index contributed by atoms with van der Waals surface area (Å²) in [6.07, 6.45) is 12.0. The lowest BCUT2D eigenvalue weighted by Gasteiger charge is -2.39. The van der Waals surface area contributed by atoms with Crippen LogP contribution in [0.3, 0.4) is 0 Å². The number of aromatic nitrogens is 1. The molecule has 0 unspecified atom stereocenters. The summed E-state index contributed by atoms with van der Waals surface area (Å²) >= 11 is 1.83. The Morgan fingerprint density at radius 1 is 1.23 bits per heavy atom. The van der Waals surface area contributed by atoms with Gasteiger partial charge in [-0.2, -0.15) is 0 Å². The first kappa shape index (κ1) is 25.6. The highest BCUT2D eigenvalue weighted by Gasteiger charge is 2.29. The molecule has 3 aromatic rings. The van der Waals surface area contributed by atoms with Crippen molar-refractivity contribution >= 4 is 28.6 Å². The number of ether oxygens (including phenoxy) is 1. The molecule has 35 heavy (non-hydrogen) atoms. The average molecular weight is 497 g/mol. The molecule has 0 aliphatic carbocycles. The number of aryl methyl sites for hydroxylation is 1. The molecular formula is C28H36N2O4S. The number of thioether (sulfide) groups is 1. The molecular weight excluding hydrogens is 460 g/mol. The molecule has 1 saturated heterocycles. The van der Waals surface area contributed by atoms with Gasteiger partial charge in [-0.25, -0.2) is 0 Å². The topological polar surface area (TPSA) is 75.8 Å². The van der Waals surface area contributed by atoms with Gasteiger partial charge < -0.3 is 19.2 Å². The number of carboxylic acid groups (broad SMARTS) is 1. The number of carbonyl (C=O) groups is 1. The second-order valence-corrected chi connectivity index (χ2v) is 10.6. The first-order valence-corrected chi connectivity index (χ1v) is 13.6. The van der Waals surface area contributed by atoms with Crippen LogP contribution < -0.4 is 4.74 Å². The SMILES string of the molecule is COc1ccc2nccc(CCC[C@@H]3CCN(CCCSc4ccoc4)C[C@@H]3CCC(=O)O)c2c1. The molecule has 0 spiro atoms. The summed E-state index contributed by atoms with van der Waals surface area (Å²) < 4.78 is 10.6. The highest BCUT2D eigenvalue weighted by atomic mass is 32.2. The van der Waals surface area contributed by atoms with Crippen molar-refractivity contribution < 1.29 is 19.1 Å². The number of likely N-dealkylation sites (tertiary alicyclic amines) is 1. The van der Waals surface area contributed by atoms with E-state index in [2.05, 4.69) is 22.0 Å². The number of rotatable bonds is 13. The molecule has 1 aromatic carbocycles. The molecule has 3 heterocycles. The van der Waals surface area contributed by atoms with Crippen LogP contribution in [-0.2, 0) is 11.2 Å². The van der Waals surface area contributed by atoms with E-state index in [0.29, 0.717) is 11.8 Å². The maximum absolute atomic E-state index is 11.3. The monoisotopic (exact) mass is 496 g/mol. The number of furan rings is 1. The number of carboxylic acids is 1. The molecule has 1 aliphatic rings. The minimum absolute atomic E-state index is 0.264. The van der Waals surface area contributed by atoms with Gasteiger partial charge in [-0.15, -0.1) is 11.8 Å². The number of fused-ring (bicyclic) bond motifs is 1. The summed E-state index contributed by atoms with van der Waals surface area (Å²) in [5.74, 6) is 2.29. The molecule has 1 aliphatic heterocycles. The lowest BCUT2D eigenvalue weighted by atomic mass is 9.79. The molecule has 1 N–H and O–H groups in total. The number of benzene rings is 1. The predicted molar refractivity (Wildman–Crippen MR) is 140 cm³/mol. The Bertz CT molecular complexity index is 1070. The maximum atomic E-state index is 11.3. The third-order valence-corrected chi connectivity index (χ3v) is 8.21. The minimum atomic E-state index is -0.686. The third-order valence-electron chi connectivity index (χ3n) is 7.15. The number of hydrogen-bond acceptors (Lipinski definition) is 6. The van der Waals surface area contributed by atoms with Gasteiger partial charge in [0.25, 0.3) is 0 Å². The Kier molecular flexibility index (Phi) is 9.49. The van der Waals surface area contributed by atoms with Crippen LogP contribution in [0.4, 0.5) is 0 Å². The normalized spacial score (nSPS) is 18.7. The molecule has 4 rings (SSSR count). The highest BCUT2D eigenvalue weighted by Crippen LogP contribution is 2.32. The summed E-state index contributed by atoms with van der Waals surface area (Å²) in [7, 11) is 1.69. The van der Waals surface area contributed by atoms with Gasteiger partial charge in [0, 0.05) is 29.4 Å². The molecule has 0 amide bonds. The van der Waals surface area contributed by atoms with Crippen LogP contribution in [0.15, 0.2) is 58.4 Å². The van der Waals surface area contributed by atoms with E-state index in [4.69, 9.17) is 9.15 Å². The van der Waals surface area contributed by atoms with Crippen LogP contribution >= 0.6 is 11.8 Å². The van der Waals surface area contributed by atoms with Crippen LogP contribution in [0.25, 0.3) is 10.9 Å².